The van der Waals surface area contributed by atoms with Crippen molar-refractivity contribution < 1.29 is 22.7 Å². The predicted molar refractivity (Wildman–Crippen MR) is 129 cm³/mol. The number of amides is 1. The van der Waals surface area contributed by atoms with Crippen molar-refractivity contribution in [2.24, 2.45) is 0 Å². The lowest BCUT2D eigenvalue weighted by Gasteiger charge is -2.19. The van der Waals surface area contributed by atoms with Gasteiger partial charge < -0.3 is 14.4 Å². The van der Waals surface area contributed by atoms with Crippen LogP contribution in [0.25, 0.3) is 0 Å². The highest BCUT2D eigenvalue weighted by Crippen LogP contribution is 2.26. The molecule has 34 heavy (non-hydrogen) atoms. The van der Waals surface area contributed by atoms with Crippen LogP contribution in [0.5, 0.6) is 5.75 Å². The molecule has 1 amide bonds. The van der Waals surface area contributed by atoms with Crippen LogP contribution in [-0.4, -0.2) is 56.6 Å². The molecule has 1 aliphatic rings. The number of carbonyl (C=O) groups is 1. The van der Waals surface area contributed by atoms with Gasteiger partial charge in [0.1, 0.15) is 18.0 Å². The third kappa shape index (κ3) is 5.21. The quantitative estimate of drug-likeness (QED) is 0.555. The molecule has 0 radical (unpaired) electrons. The normalized spacial score (nSPS) is 18.0. The van der Waals surface area contributed by atoms with Crippen LogP contribution in [0.3, 0.4) is 0 Å². The molecule has 0 saturated carbocycles. The molecule has 2 aromatic carbocycles. The number of sulfonamides is 1. The van der Waals surface area contributed by atoms with Crippen molar-refractivity contribution in [3.8, 4) is 5.75 Å². The van der Waals surface area contributed by atoms with Crippen LogP contribution in [0, 0.1) is 13.8 Å². The van der Waals surface area contributed by atoms with Gasteiger partial charge in [0, 0.05) is 24.9 Å². The van der Waals surface area contributed by atoms with E-state index in [9.17, 15) is 13.2 Å². The molecule has 0 unspecified atom stereocenters. The van der Waals surface area contributed by atoms with E-state index >= 15 is 0 Å². The number of pyridine rings is 1. The van der Waals surface area contributed by atoms with Gasteiger partial charge in [0.25, 0.3) is 15.9 Å². The third-order valence-corrected chi connectivity index (χ3v) is 7.01. The Morgan fingerprint density at radius 1 is 1.03 bits per heavy atom. The summed E-state index contributed by atoms with van der Waals surface area (Å²) in [5.74, 6) is 0.403. The minimum atomic E-state index is -3.83. The van der Waals surface area contributed by atoms with Crippen molar-refractivity contribution >= 4 is 21.6 Å². The summed E-state index contributed by atoms with van der Waals surface area (Å²) in [5.41, 5.74) is 2.95. The topological polar surface area (TPSA) is 97.8 Å². The number of aromatic nitrogens is 1. The highest BCUT2D eigenvalue weighted by molar-refractivity contribution is 7.92. The maximum Gasteiger partial charge on any atom is 0.279 e. The van der Waals surface area contributed by atoms with Gasteiger partial charge >= 0.3 is 0 Å². The molecule has 178 valence electrons. The van der Waals surface area contributed by atoms with Gasteiger partial charge in [-0.1, -0.05) is 29.8 Å². The number of hydrogen-bond donors (Lipinski definition) is 1. The zero-order valence-electron chi connectivity index (χ0n) is 19.3. The second-order valence-electron chi connectivity index (χ2n) is 8.26. The molecule has 1 saturated heterocycles. The summed E-state index contributed by atoms with van der Waals surface area (Å²) in [6, 6.07) is 17.2. The molecule has 3 aromatic rings. The zero-order chi connectivity index (χ0) is 24.3. The molecule has 0 bridgehead atoms. The minimum Gasteiger partial charge on any atom is -0.486 e. The van der Waals surface area contributed by atoms with E-state index in [0.29, 0.717) is 30.1 Å². The maximum absolute atomic E-state index is 13.2. The molecular formula is C25H27N3O5S. The van der Waals surface area contributed by atoms with E-state index < -0.39 is 16.1 Å². The first kappa shape index (κ1) is 23.7. The Labute approximate surface area is 199 Å². The average molecular weight is 482 g/mol. The Kier molecular flexibility index (Phi) is 6.85. The molecule has 9 heteroatoms. The predicted octanol–water partition coefficient (Wildman–Crippen LogP) is 3.42. The first-order chi connectivity index (χ1) is 16.3. The molecule has 1 N–H and O–H groups in total. The number of rotatable bonds is 7. The van der Waals surface area contributed by atoms with Crippen LogP contribution in [0.2, 0.25) is 0 Å². The van der Waals surface area contributed by atoms with E-state index in [-0.39, 0.29) is 17.0 Å². The number of nitrogens with one attached hydrogen (secondary N) is 1. The van der Waals surface area contributed by atoms with E-state index in [1.165, 1.54) is 12.3 Å². The standard InChI is InChI=1S/C25H27N3O5S/c1-17-10-11-18(2)21(13-17)25(29)28-15-22(32-3)23(16-28)33-20-8-6-7-19(14-20)27-34(30,31)24-9-4-5-12-26-24/h4-14,22-23,27H,15-16H2,1-3H3/t22-,23-/m1/s1. The van der Waals surface area contributed by atoms with Crippen LogP contribution in [0.1, 0.15) is 21.5 Å². The van der Waals surface area contributed by atoms with Crippen LogP contribution < -0.4 is 9.46 Å². The lowest BCUT2D eigenvalue weighted by atomic mass is 10.0. The Balaban J connectivity index is 1.48. The number of hydrogen-bond acceptors (Lipinski definition) is 6. The Hall–Kier alpha value is -3.43. The molecule has 8 nitrogen and oxygen atoms in total. The molecule has 1 aromatic heterocycles. The van der Waals surface area contributed by atoms with Crippen LogP contribution in [-0.2, 0) is 14.8 Å². The average Bonchev–Trinajstić information content (AvgIpc) is 3.23. The minimum absolute atomic E-state index is 0.0637. The first-order valence-electron chi connectivity index (χ1n) is 10.9. The summed E-state index contributed by atoms with van der Waals surface area (Å²) >= 11 is 0. The van der Waals surface area contributed by atoms with Crippen molar-refractivity contribution in [3.05, 3.63) is 83.6 Å². The number of methoxy groups -OCH3 is 1. The molecule has 1 aliphatic heterocycles. The number of aryl methyl sites for hydroxylation is 2. The van der Waals surface area contributed by atoms with Crippen molar-refractivity contribution in [2.75, 3.05) is 24.9 Å². The number of anilines is 1. The van der Waals surface area contributed by atoms with Gasteiger partial charge in [0.15, 0.2) is 5.03 Å². The lowest BCUT2D eigenvalue weighted by Crippen LogP contribution is -2.32. The summed E-state index contributed by atoms with van der Waals surface area (Å²) in [4.78, 5) is 18.8. The number of likely N-dealkylation sites (tertiary alicyclic amines) is 1. The third-order valence-electron chi connectivity index (χ3n) is 5.72. The van der Waals surface area contributed by atoms with E-state index in [1.54, 1.807) is 48.4 Å². The first-order valence-corrected chi connectivity index (χ1v) is 12.3. The van der Waals surface area contributed by atoms with Crippen LogP contribution in [0.4, 0.5) is 5.69 Å². The van der Waals surface area contributed by atoms with Crippen molar-refractivity contribution in [1.82, 2.24) is 9.88 Å². The van der Waals surface area contributed by atoms with Gasteiger partial charge in [-0.2, -0.15) is 8.42 Å². The molecule has 4 rings (SSSR count). The second kappa shape index (κ2) is 9.82. The van der Waals surface area contributed by atoms with Crippen molar-refractivity contribution in [2.45, 2.75) is 31.1 Å². The molecule has 2 atom stereocenters. The highest BCUT2D eigenvalue weighted by Gasteiger charge is 2.37. The summed E-state index contributed by atoms with van der Waals surface area (Å²) in [6.45, 7) is 4.63. The van der Waals surface area contributed by atoms with Crippen LogP contribution >= 0.6 is 0 Å². The van der Waals surface area contributed by atoms with E-state index in [0.717, 1.165) is 11.1 Å². The van der Waals surface area contributed by atoms with Crippen LogP contribution in [0.15, 0.2) is 71.9 Å². The summed E-state index contributed by atoms with van der Waals surface area (Å²) in [5, 5.41) is -0.0721. The van der Waals surface area contributed by atoms with Gasteiger partial charge in [0.05, 0.1) is 18.8 Å². The van der Waals surface area contributed by atoms with Crippen molar-refractivity contribution in [3.63, 3.8) is 0 Å². The fraction of sp³-hybridized carbons (Fsp3) is 0.280. The SMILES string of the molecule is CO[C@@H]1CN(C(=O)c2cc(C)ccc2C)C[C@H]1Oc1cccc(NS(=O)(=O)c2ccccn2)c1. The highest BCUT2D eigenvalue weighted by atomic mass is 32.2. The number of benzene rings is 2. The van der Waals surface area contributed by atoms with Gasteiger partial charge in [-0.05, 0) is 49.7 Å². The fourth-order valence-corrected chi connectivity index (χ4v) is 4.91. The molecule has 0 aliphatic carbocycles. The van der Waals surface area contributed by atoms with Gasteiger partial charge in [-0.15, -0.1) is 0 Å². The Morgan fingerprint density at radius 2 is 1.82 bits per heavy atom. The van der Waals surface area contributed by atoms with Gasteiger partial charge in [0.2, 0.25) is 0 Å². The zero-order valence-corrected chi connectivity index (χ0v) is 20.1. The molecule has 2 heterocycles. The molecular weight excluding hydrogens is 454 g/mol. The summed E-state index contributed by atoms with van der Waals surface area (Å²) in [7, 11) is -2.24. The Bertz CT molecular complexity index is 1280. The molecule has 1 fully saturated rings. The number of ether oxygens (including phenoxy) is 2. The molecule has 0 spiro atoms. The van der Waals surface area contributed by atoms with Crippen molar-refractivity contribution in [1.29, 1.82) is 0 Å². The van der Waals surface area contributed by atoms with Gasteiger partial charge in [-0.3, -0.25) is 9.52 Å². The number of nitrogens with zero attached hydrogens (tertiary/aromatic N) is 2. The maximum atomic E-state index is 13.2. The Morgan fingerprint density at radius 3 is 2.56 bits per heavy atom. The summed E-state index contributed by atoms with van der Waals surface area (Å²) < 4.78 is 39.4. The fourth-order valence-electron chi connectivity index (χ4n) is 3.91. The smallest absolute Gasteiger partial charge is 0.279 e. The van der Waals surface area contributed by atoms with E-state index in [4.69, 9.17) is 9.47 Å². The van der Waals surface area contributed by atoms with E-state index in [2.05, 4.69) is 9.71 Å². The monoisotopic (exact) mass is 481 g/mol. The largest absolute Gasteiger partial charge is 0.486 e. The van der Waals surface area contributed by atoms with Gasteiger partial charge in [-0.25, -0.2) is 4.98 Å². The summed E-state index contributed by atoms with van der Waals surface area (Å²) in [6.07, 6.45) is 0.703. The lowest BCUT2D eigenvalue weighted by molar-refractivity contribution is 0.0340. The van der Waals surface area contributed by atoms with E-state index in [1.807, 2.05) is 32.0 Å². The number of carbonyl (C=O) groups excluding carboxylic acids is 1. The second-order valence-corrected chi connectivity index (χ2v) is 9.89.